The topological polar surface area (TPSA) is 38.1 Å². The Hall–Kier alpha value is -2.05. The number of carbonyl (C=O) groups is 1. The molecule has 2 aromatic rings. The van der Waals surface area contributed by atoms with Crippen LogP contribution in [0.4, 0.5) is 13.2 Å². The Balaban J connectivity index is 1.52. The van der Waals surface area contributed by atoms with Crippen LogP contribution in [0, 0.1) is 11.8 Å². The molecule has 1 aliphatic carbocycles. The lowest BCUT2D eigenvalue weighted by Crippen LogP contribution is -2.40. The first-order valence-corrected chi connectivity index (χ1v) is 8.75. The van der Waals surface area contributed by atoms with Crippen LogP contribution in [0.3, 0.4) is 0 Å². The number of nitrogens with zero attached hydrogens (tertiary/aromatic N) is 3. The van der Waals surface area contributed by atoms with Gasteiger partial charge in [-0.2, -0.15) is 13.2 Å². The van der Waals surface area contributed by atoms with Crippen LogP contribution in [0.5, 0.6) is 0 Å². The number of hydrogen-bond acceptors (Lipinski definition) is 2. The maximum Gasteiger partial charge on any atom is 0.449 e. The average Bonchev–Trinajstić information content (AvgIpc) is 3.37. The minimum absolute atomic E-state index is 0.127. The lowest BCUT2D eigenvalue weighted by atomic mass is 9.96. The SMILES string of the molecule is O=C(C1CC1)N1CCC(Cn2c(C(F)(F)F)nc3ccccc32)CC1. The molecule has 4 rings (SSSR count). The molecular weight excluding hydrogens is 331 g/mol. The quantitative estimate of drug-likeness (QED) is 0.846. The maximum atomic E-state index is 13.4. The molecule has 1 saturated heterocycles. The number of likely N-dealkylation sites (tertiary alicyclic amines) is 1. The van der Waals surface area contributed by atoms with E-state index in [9.17, 15) is 18.0 Å². The van der Waals surface area contributed by atoms with Crippen molar-refractivity contribution in [3.05, 3.63) is 30.1 Å². The van der Waals surface area contributed by atoms with Crippen LogP contribution in [-0.2, 0) is 17.5 Å². The van der Waals surface area contributed by atoms with E-state index in [4.69, 9.17) is 0 Å². The molecule has 0 N–H and O–H groups in total. The first-order chi connectivity index (χ1) is 11.9. The van der Waals surface area contributed by atoms with Crippen molar-refractivity contribution in [2.75, 3.05) is 13.1 Å². The predicted molar refractivity (Wildman–Crippen MR) is 86.8 cm³/mol. The van der Waals surface area contributed by atoms with Crippen LogP contribution >= 0.6 is 0 Å². The van der Waals surface area contributed by atoms with Crippen molar-refractivity contribution in [2.45, 2.75) is 38.4 Å². The van der Waals surface area contributed by atoms with E-state index in [0.29, 0.717) is 30.7 Å². The molecule has 1 saturated carbocycles. The van der Waals surface area contributed by atoms with E-state index >= 15 is 0 Å². The van der Waals surface area contributed by atoms with Gasteiger partial charge in [0, 0.05) is 25.6 Å². The van der Waals surface area contributed by atoms with Gasteiger partial charge in [0.15, 0.2) is 0 Å². The van der Waals surface area contributed by atoms with Crippen LogP contribution in [0.15, 0.2) is 24.3 Å². The first kappa shape index (κ1) is 16.4. The van der Waals surface area contributed by atoms with Crippen molar-refractivity contribution in [1.29, 1.82) is 0 Å². The van der Waals surface area contributed by atoms with Gasteiger partial charge < -0.3 is 9.47 Å². The molecule has 4 nitrogen and oxygen atoms in total. The fraction of sp³-hybridized carbons (Fsp3) is 0.556. The summed E-state index contributed by atoms with van der Waals surface area (Å²) in [4.78, 5) is 17.8. The monoisotopic (exact) mass is 351 g/mol. The molecule has 1 amide bonds. The molecule has 1 aromatic heterocycles. The summed E-state index contributed by atoms with van der Waals surface area (Å²) in [7, 11) is 0. The Bertz CT molecular complexity index is 786. The summed E-state index contributed by atoms with van der Waals surface area (Å²) in [5, 5.41) is 0. The highest BCUT2D eigenvalue weighted by Crippen LogP contribution is 2.35. The smallest absolute Gasteiger partial charge is 0.342 e. The van der Waals surface area contributed by atoms with Gasteiger partial charge in [-0.25, -0.2) is 4.98 Å². The summed E-state index contributed by atoms with van der Waals surface area (Å²) in [6, 6.07) is 6.72. The van der Waals surface area contributed by atoms with Gasteiger partial charge in [0.25, 0.3) is 0 Å². The number of hydrogen-bond donors (Lipinski definition) is 0. The van der Waals surface area contributed by atoms with Crippen molar-refractivity contribution >= 4 is 16.9 Å². The Morgan fingerprint density at radius 1 is 1.12 bits per heavy atom. The number of imidazole rings is 1. The fourth-order valence-electron chi connectivity index (χ4n) is 3.66. The summed E-state index contributed by atoms with van der Waals surface area (Å²) >= 11 is 0. The second-order valence-electron chi connectivity index (χ2n) is 7.08. The van der Waals surface area contributed by atoms with Crippen LogP contribution < -0.4 is 0 Å². The van der Waals surface area contributed by atoms with Crippen LogP contribution in [0.1, 0.15) is 31.5 Å². The molecule has 2 aliphatic rings. The molecule has 134 valence electrons. The first-order valence-electron chi connectivity index (χ1n) is 8.75. The van der Waals surface area contributed by atoms with Gasteiger partial charge in [-0.1, -0.05) is 12.1 Å². The molecule has 0 atom stereocenters. The standard InChI is InChI=1S/C18H20F3N3O/c19-18(20,21)17-22-14-3-1-2-4-15(14)24(17)11-12-7-9-23(10-8-12)16(25)13-5-6-13/h1-4,12-13H,5-11H2. The van der Waals surface area contributed by atoms with Gasteiger partial charge >= 0.3 is 6.18 Å². The fourth-order valence-corrected chi connectivity index (χ4v) is 3.66. The molecule has 2 fully saturated rings. The highest BCUT2D eigenvalue weighted by atomic mass is 19.4. The van der Waals surface area contributed by atoms with E-state index in [1.807, 2.05) is 4.90 Å². The van der Waals surface area contributed by atoms with Crippen molar-refractivity contribution in [3.63, 3.8) is 0 Å². The van der Waals surface area contributed by atoms with E-state index in [2.05, 4.69) is 4.98 Å². The zero-order valence-corrected chi connectivity index (χ0v) is 13.8. The third kappa shape index (κ3) is 3.24. The third-order valence-electron chi connectivity index (χ3n) is 5.20. The predicted octanol–water partition coefficient (Wildman–Crippen LogP) is 3.70. The third-order valence-corrected chi connectivity index (χ3v) is 5.20. The number of halogens is 3. The average molecular weight is 351 g/mol. The largest absolute Gasteiger partial charge is 0.449 e. The molecule has 7 heteroatoms. The second-order valence-corrected chi connectivity index (χ2v) is 7.08. The molecule has 0 unspecified atom stereocenters. The van der Waals surface area contributed by atoms with Crippen molar-refractivity contribution in [3.8, 4) is 0 Å². The van der Waals surface area contributed by atoms with Crippen LogP contribution in [0.2, 0.25) is 0 Å². The number of carbonyl (C=O) groups excluding carboxylic acids is 1. The van der Waals surface area contributed by atoms with Gasteiger partial charge in [-0.3, -0.25) is 4.79 Å². The van der Waals surface area contributed by atoms with E-state index in [1.54, 1.807) is 24.3 Å². The molecule has 1 aromatic carbocycles. The van der Waals surface area contributed by atoms with Gasteiger partial charge in [0.1, 0.15) is 0 Å². The summed E-state index contributed by atoms with van der Waals surface area (Å²) in [6.45, 7) is 1.59. The summed E-state index contributed by atoms with van der Waals surface area (Å²) < 4.78 is 41.4. The van der Waals surface area contributed by atoms with Gasteiger partial charge in [0.2, 0.25) is 11.7 Å². The number of fused-ring (bicyclic) bond motifs is 1. The van der Waals surface area contributed by atoms with Gasteiger partial charge in [-0.05, 0) is 43.7 Å². The van der Waals surface area contributed by atoms with Gasteiger partial charge in [0.05, 0.1) is 11.0 Å². The number of alkyl halides is 3. The lowest BCUT2D eigenvalue weighted by Gasteiger charge is -2.32. The van der Waals surface area contributed by atoms with Crippen molar-refractivity contribution in [1.82, 2.24) is 14.5 Å². The zero-order chi connectivity index (χ0) is 17.6. The van der Waals surface area contributed by atoms with E-state index in [1.165, 1.54) is 4.57 Å². The maximum absolute atomic E-state index is 13.4. The highest BCUT2D eigenvalue weighted by Gasteiger charge is 2.39. The molecule has 2 heterocycles. The Labute approximate surface area is 143 Å². The molecule has 0 radical (unpaired) electrons. The van der Waals surface area contributed by atoms with Crippen LogP contribution in [0.25, 0.3) is 11.0 Å². The lowest BCUT2D eigenvalue weighted by molar-refractivity contribution is -0.147. The molecular formula is C18H20F3N3O. The summed E-state index contributed by atoms with van der Waals surface area (Å²) in [5.74, 6) is -0.277. The summed E-state index contributed by atoms with van der Waals surface area (Å²) in [5.41, 5.74) is 0.891. The van der Waals surface area contributed by atoms with E-state index in [-0.39, 0.29) is 17.7 Å². The number of aromatic nitrogens is 2. The minimum Gasteiger partial charge on any atom is -0.342 e. The second kappa shape index (κ2) is 6.04. The van der Waals surface area contributed by atoms with Crippen molar-refractivity contribution < 1.29 is 18.0 Å². The van der Waals surface area contributed by atoms with Gasteiger partial charge in [-0.15, -0.1) is 0 Å². The Morgan fingerprint density at radius 2 is 1.80 bits per heavy atom. The Morgan fingerprint density at radius 3 is 2.44 bits per heavy atom. The molecule has 0 spiro atoms. The number of piperidine rings is 1. The number of rotatable bonds is 3. The minimum atomic E-state index is -4.47. The molecule has 1 aliphatic heterocycles. The van der Waals surface area contributed by atoms with Crippen LogP contribution in [-0.4, -0.2) is 33.4 Å². The highest BCUT2D eigenvalue weighted by molar-refractivity contribution is 5.81. The number of para-hydroxylation sites is 2. The Kier molecular flexibility index (Phi) is 3.96. The number of amides is 1. The molecule has 0 bridgehead atoms. The normalized spacial score (nSPS) is 19.6. The zero-order valence-electron chi connectivity index (χ0n) is 13.8. The molecule has 25 heavy (non-hydrogen) atoms. The summed E-state index contributed by atoms with van der Waals surface area (Å²) in [6.07, 6.45) is -1.03. The van der Waals surface area contributed by atoms with Crippen molar-refractivity contribution in [2.24, 2.45) is 11.8 Å². The van der Waals surface area contributed by atoms with E-state index in [0.717, 1.165) is 25.7 Å². The number of benzene rings is 1. The van der Waals surface area contributed by atoms with E-state index < -0.39 is 12.0 Å².